The lowest BCUT2D eigenvalue weighted by Crippen LogP contribution is -2.23. The smallest absolute Gasteiger partial charge is 0.273 e. The zero-order valence-corrected chi connectivity index (χ0v) is 16.5. The van der Waals surface area contributed by atoms with Gasteiger partial charge in [0.25, 0.3) is 11.6 Å². The van der Waals surface area contributed by atoms with Gasteiger partial charge in [0.1, 0.15) is 11.6 Å². The number of hydrogen-bond donors (Lipinski definition) is 0. The van der Waals surface area contributed by atoms with Crippen LogP contribution in [0.4, 0.5) is 15.2 Å². The number of nitro groups is 1. The highest BCUT2D eigenvalue weighted by Gasteiger charge is 2.18. The zero-order chi connectivity index (χ0) is 21.8. The van der Waals surface area contributed by atoms with Crippen LogP contribution < -0.4 is 5.01 Å². The van der Waals surface area contributed by atoms with Crippen molar-refractivity contribution in [3.63, 3.8) is 0 Å². The van der Waals surface area contributed by atoms with E-state index in [0.29, 0.717) is 21.5 Å². The summed E-state index contributed by atoms with van der Waals surface area (Å²) in [5.74, 6) is -0.484. The van der Waals surface area contributed by atoms with Gasteiger partial charge in [-0.2, -0.15) is 10.1 Å². The molecule has 0 aliphatic carbocycles. The lowest BCUT2D eigenvalue weighted by Gasteiger charge is -2.10. The molecule has 0 saturated carbocycles. The van der Waals surface area contributed by atoms with Gasteiger partial charge < -0.3 is 4.42 Å². The Kier molecular flexibility index (Phi) is 5.63. The summed E-state index contributed by atoms with van der Waals surface area (Å²) in [6, 6.07) is 13.3. The van der Waals surface area contributed by atoms with Crippen molar-refractivity contribution < 1.29 is 18.5 Å². The lowest BCUT2D eigenvalue weighted by molar-refractivity contribution is -0.384. The Labute approximate surface area is 178 Å². The molecule has 0 fully saturated rings. The Morgan fingerprint density at radius 3 is 2.74 bits per heavy atom. The minimum absolute atomic E-state index is 0.0464. The van der Waals surface area contributed by atoms with E-state index in [0.717, 1.165) is 16.3 Å². The average molecular weight is 436 g/mol. The Balaban J connectivity index is 1.63. The molecule has 0 aliphatic heterocycles. The third kappa shape index (κ3) is 4.70. The molecule has 154 valence electrons. The van der Waals surface area contributed by atoms with Gasteiger partial charge in [0.2, 0.25) is 5.13 Å². The van der Waals surface area contributed by atoms with Crippen molar-refractivity contribution in [2.75, 3.05) is 5.01 Å². The Hall–Kier alpha value is -4.18. The second-order valence-corrected chi connectivity index (χ2v) is 7.21. The Bertz CT molecular complexity index is 1300. The molecule has 0 aliphatic rings. The van der Waals surface area contributed by atoms with Gasteiger partial charge in [-0.05, 0) is 54.1 Å². The quantitative estimate of drug-likeness (QED) is 0.183. The summed E-state index contributed by atoms with van der Waals surface area (Å²) >= 11 is 1.11. The standard InChI is InChI=1S/C21H13FN4O4S/c22-15-6-9-18-19(12-15)31-21(24-18)25(23-13-17-2-1-11-30-17)20(27)10-5-14-3-7-16(8-4-14)26(28)29/h1-13H/b10-5+,23-13+. The predicted molar refractivity (Wildman–Crippen MR) is 115 cm³/mol. The number of benzene rings is 2. The highest BCUT2D eigenvalue weighted by atomic mass is 32.1. The summed E-state index contributed by atoms with van der Waals surface area (Å²) in [7, 11) is 0. The maximum Gasteiger partial charge on any atom is 0.273 e. The van der Waals surface area contributed by atoms with Gasteiger partial charge in [-0.25, -0.2) is 9.37 Å². The zero-order valence-electron chi connectivity index (χ0n) is 15.7. The number of fused-ring (bicyclic) bond motifs is 1. The van der Waals surface area contributed by atoms with Crippen LogP contribution in [0.2, 0.25) is 0 Å². The van der Waals surface area contributed by atoms with Gasteiger partial charge in [0.15, 0.2) is 0 Å². The first-order chi connectivity index (χ1) is 15.0. The van der Waals surface area contributed by atoms with Crippen molar-refractivity contribution in [2.24, 2.45) is 5.10 Å². The van der Waals surface area contributed by atoms with E-state index in [2.05, 4.69) is 10.1 Å². The molecule has 2 aromatic carbocycles. The average Bonchev–Trinajstić information content (AvgIpc) is 3.42. The number of anilines is 1. The summed E-state index contributed by atoms with van der Waals surface area (Å²) in [5, 5.41) is 16.3. The number of carbonyl (C=O) groups excluding carboxylic acids is 1. The number of hydrogen-bond acceptors (Lipinski definition) is 7. The SMILES string of the molecule is O=C(/C=C/c1ccc([N+](=O)[O-])cc1)N(/N=C/c1ccco1)c1nc2ccc(F)cc2s1. The fourth-order valence-corrected chi connectivity index (χ4v) is 3.56. The number of rotatable bonds is 6. The third-order valence-corrected chi connectivity index (χ3v) is 5.09. The van der Waals surface area contributed by atoms with Crippen molar-refractivity contribution in [3.05, 3.63) is 94.2 Å². The molecular weight excluding hydrogens is 423 g/mol. The molecule has 0 radical (unpaired) electrons. The highest BCUT2D eigenvalue weighted by Crippen LogP contribution is 2.30. The van der Waals surface area contributed by atoms with Crippen molar-refractivity contribution in [1.29, 1.82) is 0 Å². The van der Waals surface area contributed by atoms with E-state index in [1.807, 2.05) is 0 Å². The molecule has 0 atom stereocenters. The van der Waals surface area contributed by atoms with Crippen molar-refractivity contribution in [1.82, 2.24) is 4.98 Å². The number of aromatic nitrogens is 1. The molecule has 8 nitrogen and oxygen atoms in total. The highest BCUT2D eigenvalue weighted by molar-refractivity contribution is 7.22. The van der Waals surface area contributed by atoms with E-state index >= 15 is 0 Å². The van der Waals surface area contributed by atoms with E-state index in [9.17, 15) is 19.3 Å². The van der Waals surface area contributed by atoms with Crippen LogP contribution in [0.5, 0.6) is 0 Å². The van der Waals surface area contributed by atoms with E-state index in [-0.39, 0.29) is 10.8 Å². The minimum atomic E-state index is -0.513. The number of halogens is 1. The van der Waals surface area contributed by atoms with Crippen LogP contribution in [-0.2, 0) is 4.79 Å². The van der Waals surface area contributed by atoms with Gasteiger partial charge >= 0.3 is 0 Å². The van der Waals surface area contributed by atoms with Crippen LogP contribution >= 0.6 is 11.3 Å². The first kappa shape index (κ1) is 20.1. The second-order valence-electron chi connectivity index (χ2n) is 6.20. The molecule has 0 N–H and O–H groups in total. The van der Waals surface area contributed by atoms with Crippen LogP contribution in [0.25, 0.3) is 16.3 Å². The third-order valence-electron chi connectivity index (χ3n) is 4.10. The number of thiazole rings is 1. The summed E-state index contributed by atoms with van der Waals surface area (Å²) in [6.07, 6.45) is 5.62. The van der Waals surface area contributed by atoms with E-state index in [1.165, 1.54) is 67.1 Å². The van der Waals surface area contributed by atoms with E-state index in [4.69, 9.17) is 4.42 Å². The first-order valence-electron chi connectivity index (χ1n) is 8.90. The molecule has 31 heavy (non-hydrogen) atoms. The van der Waals surface area contributed by atoms with Gasteiger partial charge in [-0.3, -0.25) is 14.9 Å². The molecule has 0 bridgehead atoms. The molecule has 0 spiro atoms. The molecule has 10 heteroatoms. The summed E-state index contributed by atoms with van der Waals surface area (Å²) < 4.78 is 19.3. The molecule has 2 aromatic heterocycles. The number of furan rings is 1. The van der Waals surface area contributed by atoms with Crippen LogP contribution in [-0.4, -0.2) is 22.0 Å². The number of non-ortho nitro benzene ring substituents is 1. The van der Waals surface area contributed by atoms with Crippen LogP contribution in [0, 0.1) is 15.9 Å². The molecule has 1 amide bonds. The normalized spacial score (nSPS) is 11.5. The summed E-state index contributed by atoms with van der Waals surface area (Å²) in [6.45, 7) is 0. The lowest BCUT2D eigenvalue weighted by atomic mass is 10.2. The summed E-state index contributed by atoms with van der Waals surface area (Å²) in [5.41, 5.74) is 1.09. The topological polar surface area (TPSA) is 102 Å². The van der Waals surface area contributed by atoms with Gasteiger partial charge in [0.05, 0.1) is 27.6 Å². The van der Waals surface area contributed by atoms with Crippen LogP contribution in [0.1, 0.15) is 11.3 Å². The molecule has 4 rings (SSSR count). The fraction of sp³-hybridized carbons (Fsp3) is 0. The molecule has 4 aromatic rings. The van der Waals surface area contributed by atoms with E-state index in [1.54, 1.807) is 12.1 Å². The maximum absolute atomic E-state index is 13.5. The molecule has 0 saturated heterocycles. The fourth-order valence-electron chi connectivity index (χ4n) is 2.60. The monoisotopic (exact) mass is 436 g/mol. The number of carbonyl (C=O) groups is 1. The Morgan fingerprint density at radius 1 is 1.23 bits per heavy atom. The van der Waals surface area contributed by atoms with E-state index < -0.39 is 16.6 Å². The maximum atomic E-state index is 13.5. The van der Waals surface area contributed by atoms with Gasteiger partial charge in [-0.15, -0.1) is 0 Å². The summed E-state index contributed by atoms with van der Waals surface area (Å²) in [4.78, 5) is 27.5. The number of hydrazone groups is 1. The predicted octanol–water partition coefficient (Wildman–Crippen LogP) is 5.02. The second kappa shape index (κ2) is 8.67. The number of nitro benzene ring substituents is 1. The van der Waals surface area contributed by atoms with Crippen LogP contribution in [0.3, 0.4) is 0 Å². The first-order valence-corrected chi connectivity index (χ1v) is 9.71. The van der Waals surface area contributed by atoms with Gasteiger partial charge in [0, 0.05) is 18.2 Å². The van der Waals surface area contributed by atoms with Crippen molar-refractivity contribution in [2.45, 2.75) is 0 Å². The molecule has 0 unspecified atom stereocenters. The van der Waals surface area contributed by atoms with Gasteiger partial charge in [-0.1, -0.05) is 11.3 Å². The number of nitrogens with zero attached hydrogens (tertiary/aromatic N) is 4. The largest absolute Gasteiger partial charge is 0.463 e. The van der Waals surface area contributed by atoms with Crippen molar-refractivity contribution >= 4 is 50.6 Å². The number of amides is 1. The molecular formula is C21H13FN4O4S. The Morgan fingerprint density at radius 2 is 2.03 bits per heavy atom. The van der Waals surface area contributed by atoms with Crippen molar-refractivity contribution in [3.8, 4) is 0 Å². The molecule has 2 heterocycles. The minimum Gasteiger partial charge on any atom is -0.463 e. The van der Waals surface area contributed by atoms with Crippen LogP contribution in [0.15, 0.2) is 76.5 Å².